The highest BCUT2D eigenvalue weighted by atomic mass is 35.5. The number of thioether (sulfide) groups is 1. The molecule has 0 N–H and O–H groups in total. The lowest BCUT2D eigenvalue weighted by Crippen LogP contribution is -2.43. The zero-order valence-electron chi connectivity index (χ0n) is 15.5. The Morgan fingerprint density at radius 1 is 1.19 bits per heavy atom. The minimum atomic E-state index is 0.187. The van der Waals surface area contributed by atoms with Crippen molar-refractivity contribution in [3.05, 3.63) is 29.3 Å². The first-order valence-electron chi connectivity index (χ1n) is 9.07. The molecular weight excluding hydrogens is 368 g/mol. The SMILES string of the molecule is CCn1c(SCC(=O)N2C[C@@H](C)C[C@H](C)C2)nnc1-c1ccc(Cl)cc1. The summed E-state index contributed by atoms with van der Waals surface area (Å²) in [6, 6.07) is 7.57. The number of benzene rings is 1. The van der Waals surface area contributed by atoms with E-state index in [0.29, 0.717) is 22.6 Å². The monoisotopic (exact) mass is 392 g/mol. The van der Waals surface area contributed by atoms with Crippen LogP contribution in [0.4, 0.5) is 0 Å². The Morgan fingerprint density at radius 2 is 1.85 bits per heavy atom. The smallest absolute Gasteiger partial charge is 0.233 e. The number of hydrogen-bond donors (Lipinski definition) is 0. The molecule has 0 saturated carbocycles. The Labute approximate surface area is 164 Å². The molecule has 140 valence electrons. The number of carbonyl (C=O) groups excluding carboxylic acids is 1. The van der Waals surface area contributed by atoms with Gasteiger partial charge < -0.3 is 9.47 Å². The van der Waals surface area contributed by atoms with Gasteiger partial charge in [-0.1, -0.05) is 37.2 Å². The summed E-state index contributed by atoms with van der Waals surface area (Å²) in [5.74, 6) is 2.54. The summed E-state index contributed by atoms with van der Waals surface area (Å²) in [5, 5.41) is 10.1. The van der Waals surface area contributed by atoms with E-state index in [9.17, 15) is 4.79 Å². The van der Waals surface area contributed by atoms with E-state index in [-0.39, 0.29) is 5.91 Å². The van der Waals surface area contributed by atoms with Crippen LogP contribution in [0.2, 0.25) is 5.02 Å². The summed E-state index contributed by atoms with van der Waals surface area (Å²) >= 11 is 7.43. The number of halogens is 1. The molecular formula is C19H25ClN4OS. The number of nitrogens with zero attached hydrogens (tertiary/aromatic N) is 4. The first-order chi connectivity index (χ1) is 12.5. The lowest BCUT2D eigenvalue weighted by Gasteiger charge is -2.34. The van der Waals surface area contributed by atoms with Gasteiger partial charge in [0.1, 0.15) is 0 Å². The molecule has 2 heterocycles. The van der Waals surface area contributed by atoms with Crippen LogP contribution in [0.1, 0.15) is 27.2 Å². The second-order valence-corrected chi connectivity index (χ2v) is 8.47. The quantitative estimate of drug-likeness (QED) is 0.715. The lowest BCUT2D eigenvalue weighted by atomic mass is 9.92. The zero-order valence-corrected chi connectivity index (χ0v) is 17.1. The summed E-state index contributed by atoms with van der Waals surface area (Å²) in [4.78, 5) is 14.6. The Balaban J connectivity index is 1.68. The number of hydrogen-bond acceptors (Lipinski definition) is 4. The maximum atomic E-state index is 12.6. The van der Waals surface area contributed by atoms with E-state index in [2.05, 4.69) is 31.0 Å². The second kappa shape index (κ2) is 8.44. The molecule has 2 aromatic rings. The van der Waals surface area contributed by atoms with Gasteiger partial charge in [-0.2, -0.15) is 0 Å². The third kappa shape index (κ3) is 4.41. The summed E-state index contributed by atoms with van der Waals surface area (Å²) in [6.07, 6.45) is 1.20. The molecule has 0 radical (unpaired) electrons. The summed E-state index contributed by atoms with van der Waals surface area (Å²) in [6.45, 7) is 8.97. The van der Waals surface area contributed by atoms with Crippen molar-refractivity contribution in [1.29, 1.82) is 0 Å². The molecule has 1 aliphatic rings. The molecule has 2 atom stereocenters. The molecule has 1 aromatic carbocycles. The predicted molar refractivity (Wildman–Crippen MR) is 106 cm³/mol. The number of aromatic nitrogens is 3. The van der Waals surface area contributed by atoms with Crippen LogP contribution < -0.4 is 0 Å². The fourth-order valence-electron chi connectivity index (χ4n) is 3.58. The molecule has 0 unspecified atom stereocenters. The molecule has 5 nitrogen and oxygen atoms in total. The van der Waals surface area contributed by atoms with E-state index in [1.165, 1.54) is 18.2 Å². The third-order valence-electron chi connectivity index (χ3n) is 4.68. The van der Waals surface area contributed by atoms with Crippen LogP contribution in [0.15, 0.2) is 29.4 Å². The van der Waals surface area contributed by atoms with Crippen LogP contribution in [0.25, 0.3) is 11.4 Å². The fraction of sp³-hybridized carbons (Fsp3) is 0.526. The van der Waals surface area contributed by atoms with Crippen molar-refractivity contribution >= 4 is 29.3 Å². The minimum absolute atomic E-state index is 0.187. The van der Waals surface area contributed by atoms with Gasteiger partial charge in [0.2, 0.25) is 5.91 Å². The molecule has 0 bridgehead atoms. The maximum absolute atomic E-state index is 12.6. The Morgan fingerprint density at radius 3 is 2.46 bits per heavy atom. The number of piperidine rings is 1. The Kier molecular flexibility index (Phi) is 6.24. The van der Waals surface area contributed by atoms with Crippen LogP contribution in [0, 0.1) is 11.8 Å². The molecule has 1 aliphatic heterocycles. The molecule has 1 amide bonds. The Bertz CT molecular complexity index is 751. The van der Waals surface area contributed by atoms with Gasteiger partial charge in [-0.25, -0.2) is 0 Å². The minimum Gasteiger partial charge on any atom is -0.341 e. The average molecular weight is 393 g/mol. The summed E-state index contributed by atoms with van der Waals surface area (Å²) in [5.41, 5.74) is 0.973. The molecule has 1 fully saturated rings. The molecule has 1 aromatic heterocycles. The van der Waals surface area contributed by atoms with E-state index in [4.69, 9.17) is 11.6 Å². The van der Waals surface area contributed by atoms with Crippen LogP contribution in [0.3, 0.4) is 0 Å². The second-order valence-electron chi connectivity index (χ2n) is 7.09. The summed E-state index contributed by atoms with van der Waals surface area (Å²) in [7, 11) is 0. The lowest BCUT2D eigenvalue weighted by molar-refractivity contribution is -0.130. The van der Waals surface area contributed by atoms with E-state index in [1.807, 2.05) is 33.7 Å². The van der Waals surface area contributed by atoms with Crippen molar-refractivity contribution in [3.8, 4) is 11.4 Å². The van der Waals surface area contributed by atoms with E-state index in [1.54, 1.807) is 0 Å². The maximum Gasteiger partial charge on any atom is 0.233 e. The van der Waals surface area contributed by atoms with Crippen molar-refractivity contribution in [1.82, 2.24) is 19.7 Å². The zero-order chi connectivity index (χ0) is 18.7. The summed E-state index contributed by atoms with van der Waals surface area (Å²) < 4.78 is 2.04. The van der Waals surface area contributed by atoms with Crippen LogP contribution in [-0.4, -0.2) is 44.4 Å². The van der Waals surface area contributed by atoms with Gasteiger partial charge >= 0.3 is 0 Å². The molecule has 3 rings (SSSR count). The van der Waals surface area contributed by atoms with Crippen molar-refractivity contribution in [2.24, 2.45) is 11.8 Å². The van der Waals surface area contributed by atoms with Crippen molar-refractivity contribution in [2.45, 2.75) is 38.9 Å². The number of carbonyl (C=O) groups is 1. The molecule has 0 aliphatic carbocycles. The first-order valence-corrected chi connectivity index (χ1v) is 10.4. The van der Waals surface area contributed by atoms with Crippen molar-refractivity contribution < 1.29 is 4.79 Å². The number of likely N-dealkylation sites (tertiary alicyclic amines) is 1. The van der Waals surface area contributed by atoms with Gasteiger partial charge in [0, 0.05) is 30.2 Å². The highest BCUT2D eigenvalue weighted by molar-refractivity contribution is 7.99. The largest absolute Gasteiger partial charge is 0.341 e. The molecule has 1 saturated heterocycles. The fourth-order valence-corrected chi connectivity index (χ4v) is 4.61. The molecule has 7 heteroatoms. The van der Waals surface area contributed by atoms with Crippen LogP contribution in [-0.2, 0) is 11.3 Å². The van der Waals surface area contributed by atoms with Crippen LogP contribution in [0.5, 0.6) is 0 Å². The number of rotatable bonds is 5. The van der Waals surface area contributed by atoms with Gasteiger partial charge in [-0.15, -0.1) is 10.2 Å². The van der Waals surface area contributed by atoms with Crippen molar-refractivity contribution in [2.75, 3.05) is 18.8 Å². The average Bonchev–Trinajstić information content (AvgIpc) is 3.02. The van der Waals surface area contributed by atoms with E-state index >= 15 is 0 Å². The molecule has 0 spiro atoms. The van der Waals surface area contributed by atoms with Crippen molar-refractivity contribution in [3.63, 3.8) is 0 Å². The topological polar surface area (TPSA) is 51.0 Å². The third-order valence-corrected chi connectivity index (χ3v) is 5.89. The molecule has 26 heavy (non-hydrogen) atoms. The normalized spacial score (nSPS) is 20.4. The highest BCUT2D eigenvalue weighted by Gasteiger charge is 2.25. The first kappa shape index (κ1) is 19.2. The van der Waals surface area contributed by atoms with Gasteiger partial charge in [0.25, 0.3) is 0 Å². The standard InChI is InChI=1S/C19H25ClN4OS/c1-4-24-18(15-5-7-16(20)8-6-15)21-22-19(24)26-12-17(25)23-10-13(2)9-14(3)11-23/h5-8,13-14H,4,9-12H2,1-3H3/t13-,14-/m0/s1. The van der Waals surface area contributed by atoms with Gasteiger partial charge in [-0.05, 0) is 49.4 Å². The van der Waals surface area contributed by atoms with E-state index in [0.717, 1.165) is 36.2 Å². The van der Waals surface area contributed by atoms with E-state index < -0.39 is 0 Å². The van der Waals surface area contributed by atoms with Gasteiger partial charge in [0.15, 0.2) is 11.0 Å². The predicted octanol–water partition coefficient (Wildman–Crippen LogP) is 4.22. The van der Waals surface area contributed by atoms with Crippen LogP contribution >= 0.6 is 23.4 Å². The highest BCUT2D eigenvalue weighted by Crippen LogP contribution is 2.26. The Hall–Kier alpha value is -1.53. The van der Waals surface area contributed by atoms with Gasteiger partial charge in [-0.3, -0.25) is 4.79 Å². The van der Waals surface area contributed by atoms with Gasteiger partial charge in [0.05, 0.1) is 5.75 Å². The number of amides is 1.